The van der Waals surface area contributed by atoms with Crippen LogP contribution in [0.15, 0.2) is 23.7 Å². The van der Waals surface area contributed by atoms with Gasteiger partial charge in [0.05, 0.1) is 22.8 Å². The molecule has 0 bridgehead atoms. The summed E-state index contributed by atoms with van der Waals surface area (Å²) >= 11 is 7.94. The summed E-state index contributed by atoms with van der Waals surface area (Å²) in [6, 6.07) is 5.97. The van der Waals surface area contributed by atoms with Gasteiger partial charge in [0.1, 0.15) is 5.75 Å². The topological polar surface area (TPSA) is 48.1 Å². The smallest absolute Gasteiger partial charge is 0.141 e. The molecule has 0 radical (unpaired) electrons. The van der Waals surface area contributed by atoms with Gasteiger partial charge >= 0.3 is 0 Å². The van der Waals surface area contributed by atoms with E-state index in [9.17, 15) is 0 Å². The minimum absolute atomic E-state index is 0.134. The van der Waals surface area contributed by atoms with Crippen molar-refractivity contribution < 1.29 is 4.74 Å². The molecule has 0 amide bonds. The van der Waals surface area contributed by atoms with Crippen LogP contribution in [0.1, 0.15) is 29.5 Å². The predicted octanol–water partition coefficient (Wildman–Crippen LogP) is 4.01. The Bertz CT molecular complexity index is 585. The van der Waals surface area contributed by atoms with Crippen molar-refractivity contribution in [3.8, 4) is 5.75 Å². The molecule has 1 heterocycles. The number of thiazole rings is 1. The van der Waals surface area contributed by atoms with Crippen molar-refractivity contribution >= 4 is 22.9 Å². The fraction of sp³-hybridized carbons (Fsp3) is 0.438. The average molecular weight is 325 g/mol. The summed E-state index contributed by atoms with van der Waals surface area (Å²) in [5.74, 6) is 0.769. The lowest BCUT2D eigenvalue weighted by Crippen LogP contribution is -2.21. The molecule has 2 rings (SSSR count). The first-order valence-electron chi connectivity index (χ1n) is 7.16. The van der Waals surface area contributed by atoms with Crippen LogP contribution in [0.3, 0.4) is 0 Å². The van der Waals surface area contributed by atoms with Crippen LogP contribution >= 0.6 is 22.9 Å². The van der Waals surface area contributed by atoms with Crippen LogP contribution in [0, 0.1) is 6.92 Å². The molecule has 1 unspecified atom stereocenters. The molecule has 0 spiro atoms. The van der Waals surface area contributed by atoms with Crippen LogP contribution < -0.4 is 10.5 Å². The molecule has 0 fully saturated rings. The van der Waals surface area contributed by atoms with Crippen LogP contribution in [0.2, 0.25) is 5.02 Å². The fourth-order valence-corrected chi connectivity index (χ4v) is 3.13. The summed E-state index contributed by atoms with van der Waals surface area (Å²) in [7, 11) is 0. The lowest BCUT2D eigenvalue weighted by atomic mass is 10.0. The maximum absolute atomic E-state index is 6.27. The fourth-order valence-electron chi connectivity index (χ4n) is 2.11. The summed E-state index contributed by atoms with van der Waals surface area (Å²) in [6.07, 6.45) is 2.57. The third-order valence-electron chi connectivity index (χ3n) is 3.48. The molecule has 21 heavy (non-hydrogen) atoms. The van der Waals surface area contributed by atoms with Crippen molar-refractivity contribution in [2.24, 2.45) is 5.73 Å². The van der Waals surface area contributed by atoms with Gasteiger partial charge in [0, 0.05) is 17.3 Å². The van der Waals surface area contributed by atoms with E-state index in [1.54, 1.807) is 11.3 Å². The van der Waals surface area contributed by atoms with Crippen molar-refractivity contribution in [2.45, 2.75) is 39.2 Å². The van der Waals surface area contributed by atoms with Crippen LogP contribution in [-0.4, -0.2) is 17.6 Å². The highest BCUT2D eigenvalue weighted by molar-refractivity contribution is 7.09. The lowest BCUT2D eigenvalue weighted by Gasteiger charge is -2.15. The Kier molecular flexibility index (Phi) is 6.03. The van der Waals surface area contributed by atoms with Crippen molar-refractivity contribution in [1.82, 2.24) is 4.98 Å². The van der Waals surface area contributed by atoms with Crippen LogP contribution in [0.25, 0.3) is 0 Å². The van der Waals surface area contributed by atoms with E-state index in [4.69, 9.17) is 22.1 Å². The van der Waals surface area contributed by atoms with Crippen molar-refractivity contribution in [2.75, 3.05) is 6.61 Å². The number of hydrogen-bond donors (Lipinski definition) is 1. The number of benzene rings is 1. The first-order valence-corrected chi connectivity index (χ1v) is 8.42. The molecule has 5 heteroatoms. The molecule has 1 aromatic heterocycles. The molecule has 0 aliphatic rings. The van der Waals surface area contributed by atoms with E-state index < -0.39 is 0 Å². The number of nitrogens with two attached hydrogens (primary N) is 1. The van der Waals surface area contributed by atoms with E-state index in [0.29, 0.717) is 11.6 Å². The average Bonchev–Trinajstić information content (AvgIpc) is 2.87. The highest BCUT2D eigenvalue weighted by Crippen LogP contribution is 2.30. The number of aromatic nitrogens is 1. The van der Waals surface area contributed by atoms with E-state index in [-0.39, 0.29) is 6.04 Å². The number of ether oxygens (including phenoxy) is 1. The zero-order chi connectivity index (χ0) is 15.2. The monoisotopic (exact) mass is 324 g/mol. The number of nitrogens with zero attached hydrogens (tertiary/aromatic N) is 1. The highest BCUT2D eigenvalue weighted by atomic mass is 35.5. The Labute approximate surface area is 135 Å². The summed E-state index contributed by atoms with van der Waals surface area (Å²) in [6.45, 7) is 4.70. The van der Waals surface area contributed by atoms with Gasteiger partial charge in [0.25, 0.3) is 0 Å². The Hall–Kier alpha value is -1.10. The SMILES string of the molecule is CCC(N)Cc1cccc(Cl)c1OCCc1scnc1C. The number of rotatable bonds is 7. The third-order valence-corrected chi connectivity index (χ3v) is 4.77. The minimum Gasteiger partial charge on any atom is -0.491 e. The quantitative estimate of drug-likeness (QED) is 0.837. The van der Waals surface area contributed by atoms with Crippen molar-refractivity contribution in [1.29, 1.82) is 0 Å². The molecule has 0 aliphatic heterocycles. The molecule has 0 saturated carbocycles. The van der Waals surface area contributed by atoms with Gasteiger partial charge in [-0.1, -0.05) is 30.7 Å². The van der Waals surface area contributed by atoms with Crippen molar-refractivity contribution in [3.05, 3.63) is 44.9 Å². The molecular weight excluding hydrogens is 304 g/mol. The standard InChI is InChI=1S/C16H21ClN2OS/c1-3-13(18)9-12-5-4-6-14(17)16(12)20-8-7-15-11(2)19-10-21-15/h4-6,10,13H,3,7-9,18H2,1-2H3. The van der Waals surface area contributed by atoms with Crippen LogP contribution in [0.5, 0.6) is 5.75 Å². The second-order valence-corrected chi connectivity index (χ2v) is 6.41. The van der Waals surface area contributed by atoms with E-state index >= 15 is 0 Å². The largest absolute Gasteiger partial charge is 0.491 e. The lowest BCUT2D eigenvalue weighted by molar-refractivity contribution is 0.318. The maximum Gasteiger partial charge on any atom is 0.141 e. The first-order chi connectivity index (χ1) is 10.1. The molecule has 3 nitrogen and oxygen atoms in total. The molecule has 0 aliphatic carbocycles. The number of para-hydroxylation sites is 1. The van der Waals surface area contributed by atoms with Gasteiger partial charge < -0.3 is 10.5 Å². The second-order valence-electron chi connectivity index (χ2n) is 5.06. The zero-order valence-corrected chi connectivity index (χ0v) is 14.0. The van der Waals surface area contributed by atoms with Crippen LogP contribution in [-0.2, 0) is 12.8 Å². The molecule has 0 saturated heterocycles. The normalized spacial score (nSPS) is 12.4. The first kappa shape index (κ1) is 16.3. The predicted molar refractivity (Wildman–Crippen MR) is 89.5 cm³/mol. The molecule has 2 N–H and O–H groups in total. The minimum atomic E-state index is 0.134. The summed E-state index contributed by atoms with van der Waals surface area (Å²) < 4.78 is 5.93. The van der Waals surface area contributed by atoms with E-state index in [1.165, 1.54) is 4.88 Å². The zero-order valence-electron chi connectivity index (χ0n) is 12.4. The van der Waals surface area contributed by atoms with Gasteiger partial charge in [0.15, 0.2) is 0 Å². The molecule has 2 aromatic rings. The van der Waals surface area contributed by atoms with Gasteiger partial charge in [-0.15, -0.1) is 11.3 Å². The Morgan fingerprint density at radius 3 is 2.90 bits per heavy atom. The second kappa shape index (κ2) is 7.78. The summed E-state index contributed by atoms with van der Waals surface area (Å²) in [5, 5.41) is 0.650. The van der Waals surface area contributed by atoms with E-state index in [2.05, 4.69) is 11.9 Å². The summed E-state index contributed by atoms with van der Waals surface area (Å²) in [4.78, 5) is 5.51. The Balaban J connectivity index is 2.03. The molecule has 114 valence electrons. The van der Waals surface area contributed by atoms with E-state index in [1.807, 2.05) is 30.6 Å². The van der Waals surface area contributed by atoms with Gasteiger partial charge in [-0.25, -0.2) is 4.98 Å². The maximum atomic E-state index is 6.27. The molecule has 1 aromatic carbocycles. The number of hydrogen-bond acceptors (Lipinski definition) is 4. The van der Waals surface area contributed by atoms with Gasteiger partial charge in [-0.05, 0) is 31.4 Å². The third kappa shape index (κ3) is 4.43. The van der Waals surface area contributed by atoms with Gasteiger partial charge in [-0.2, -0.15) is 0 Å². The number of halogens is 1. The van der Waals surface area contributed by atoms with Crippen LogP contribution in [0.4, 0.5) is 0 Å². The Morgan fingerprint density at radius 1 is 1.43 bits per heavy atom. The van der Waals surface area contributed by atoms with Gasteiger partial charge in [-0.3, -0.25) is 0 Å². The summed E-state index contributed by atoms with van der Waals surface area (Å²) in [5.41, 5.74) is 10.1. The molecule has 1 atom stereocenters. The molecular formula is C16H21ClN2OS. The Morgan fingerprint density at radius 2 is 2.24 bits per heavy atom. The highest BCUT2D eigenvalue weighted by Gasteiger charge is 2.12. The van der Waals surface area contributed by atoms with Crippen molar-refractivity contribution in [3.63, 3.8) is 0 Å². The van der Waals surface area contributed by atoms with E-state index in [0.717, 1.165) is 36.3 Å². The van der Waals surface area contributed by atoms with Gasteiger partial charge in [0.2, 0.25) is 0 Å². The number of aryl methyl sites for hydroxylation is 1.